The predicted molar refractivity (Wildman–Crippen MR) is 102 cm³/mol. The molecule has 2 heterocycles. The first-order chi connectivity index (χ1) is 13.1. The average Bonchev–Trinajstić information content (AvgIpc) is 3.16. The number of hydrogen-bond acceptors (Lipinski definition) is 3. The van der Waals surface area contributed by atoms with E-state index in [1.54, 1.807) is 0 Å². The van der Waals surface area contributed by atoms with E-state index < -0.39 is 5.54 Å². The number of hydrogen-bond donors (Lipinski definition) is 1. The number of urea groups is 1. The second-order valence-electron chi connectivity index (χ2n) is 7.01. The topological polar surface area (TPSA) is 62.3 Å². The van der Waals surface area contributed by atoms with E-state index in [1.807, 2.05) is 54.6 Å². The lowest BCUT2D eigenvalue weighted by Gasteiger charge is -2.22. The van der Waals surface area contributed by atoms with Crippen molar-refractivity contribution in [2.75, 3.05) is 0 Å². The van der Waals surface area contributed by atoms with Gasteiger partial charge in [-0.2, -0.15) is 0 Å². The quantitative estimate of drug-likeness (QED) is 0.546. The van der Waals surface area contributed by atoms with Crippen LogP contribution < -0.4 is 5.32 Å². The van der Waals surface area contributed by atoms with Crippen LogP contribution in [-0.4, -0.2) is 21.8 Å². The second kappa shape index (κ2) is 5.79. The number of imide groups is 1. The number of aromatic nitrogens is 1. The Kier molecular flexibility index (Phi) is 3.49. The molecule has 3 aromatic rings. The van der Waals surface area contributed by atoms with Gasteiger partial charge in [-0.15, -0.1) is 0 Å². The molecule has 0 radical (unpaired) electrons. The first kappa shape index (κ1) is 16.3. The smallest absolute Gasteiger partial charge is 0.319 e. The molecule has 6 heteroatoms. The molecule has 2 aromatic carbocycles. The SMILES string of the molecule is O=C1NC2(CCc3ccccc32)C(=O)N1Cc1cc2ccccc2nc1Cl. The summed E-state index contributed by atoms with van der Waals surface area (Å²) >= 11 is 6.33. The van der Waals surface area contributed by atoms with Gasteiger partial charge in [0, 0.05) is 10.9 Å². The largest absolute Gasteiger partial charge is 0.325 e. The van der Waals surface area contributed by atoms with Crippen molar-refractivity contribution < 1.29 is 9.59 Å². The molecular weight excluding hydrogens is 362 g/mol. The lowest BCUT2D eigenvalue weighted by Crippen LogP contribution is -2.41. The van der Waals surface area contributed by atoms with Crippen LogP contribution in [0.4, 0.5) is 4.79 Å². The summed E-state index contributed by atoms with van der Waals surface area (Å²) in [5.74, 6) is -0.221. The molecule has 1 aromatic heterocycles. The fourth-order valence-corrected chi connectivity index (χ4v) is 4.36. The minimum absolute atomic E-state index is 0.102. The van der Waals surface area contributed by atoms with E-state index in [0.29, 0.717) is 17.1 Å². The zero-order valence-corrected chi connectivity index (χ0v) is 15.2. The van der Waals surface area contributed by atoms with Crippen LogP contribution in [0.2, 0.25) is 5.15 Å². The molecule has 1 saturated heterocycles. The van der Waals surface area contributed by atoms with Gasteiger partial charge in [-0.25, -0.2) is 9.78 Å². The molecule has 27 heavy (non-hydrogen) atoms. The molecule has 1 aliphatic carbocycles. The highest BCUT2D eigenvalue weighted by molar-refractivity contribution is 6.30. The molecule has 1 unspecified atom stereocenters. The van der Waals surface area contributed by atoms with Gasteiger partial charge >= 0.3 is 6.03 Å². The lowest BCUT2D eigenvalue weighted by atomic mass is 9.92. The molecule has 134 valence electrons. The Morgan fingerprint density at radius 2 is 1.89 bits per heavy atom. The van der Waals surface area contributed by atoms with Gasteiger partial charge < -0.3 is 5.32 Å². The Morgan fingerprint density at radius 3 is 2.78 bits per heavy atom. The Hall–Kier alpha value is -2.92. The maximum atomic E-state index is 13.3. The summed E-state index contributed by atoms with van der Waals surface area (Å²) in [7, 11) is 0. The number of carbonyl (C=O) groups is 2. The highest BCUT2D eigenvalue weighted by atomic mass is 35.5. The fraction of sp³-hybridized carbons (Fsp3) is 0.190. The highest BCUT2D eigenvalue weighted by Gasteiger charge is 2.55. The van der Waals surface area contributed by atoms with Crippen molar-refractivity contribution in [3.05, 3.63) is 76.4 Å². The van der Waals surface area contributed by atoms with E-state index in [4.69, 9.17) is 11.6 Å². The van der Waals surface area contributed by atoms with Crippen molar-refractivity contribution in [2.24, 2.45) is 0 Å². The van der Waals surface area contributed by atoms with Gasteiger partial charge in [0.05, 0.1) is 12.1 Å². The minimum atomic E-state index is -0.954. The van der Waals surface area contributed by atoms with Gasteiger partial charge in [0.1, 0.15) is 10.7 Å². The van der Waals surface area contributed by atoms with E-state index in [1.165, 1.54) is 4.90 Å². The number of nitrogens with one attached hydrogen (secondary N) is 1. The molecule has 5 rings (SSSR count). The Morgan fingerprint density at radius 1 is 1.11 bits per heavy atom. The van der Waals surface area contributed by atoms with Crippen molar-refractivity contribution >= 4 is 34.4 Å². The predicted octanol–water partition coefficient (Wildman–Crippen LogP) is 3.78. The van der Waals surface area contributed by atoms with Crippen LogP contribution in [0.3, 0.4) is 0 Å². The number of amides is 3. The van der Waals surface area contributed by atoms with Gasteiger partial charge in [-0.1, -0.05) is 54.1 Å². The lowest BCUT2D eigenvalue weighted by molar-refractivity contribution is -0.132. The molecule has 2 aliphatic rings. The first-order valence-electron chi connectivity index (χ1n) is 8.85. The number of benzene rings is 2. The normalized spacial score (nSPS) is 21.1. The molecule has 0 saturated carbocycles. The summed E-state index contributed by atoms with van der Waals surface area (Å²) in [6.07, 6.45) is 1.35. The number of pyridine rings is 1. The molecule has 1 N–H and O–H groups in total. The molecule has 1 spiro atoms. The van der Waals surface area contributed by atoms with Crippen LogP contribution in [0.15, 0.2) is 54.6 Å². The Balaban J connectivity index is 1.51. The number of nitrogens with zero attached hydrogens (tertiary/aromatic N) is 2. The fourth-order valence-electron chi connectivity index (χ4n) is 4.15. The van der Waals surface area contributed by atoms with Gasteiger partial charge in [0.2, 0.25) is 0 Å². The maximum absolute atomic E-state index is 13.3. The maximum Gasteiger partial charge on any atom is 0.325 e. The van der Waals surface area contributed by atoms with E-state index in [-0.39, 0.29) is 18.5 Å². The molecule has 1 atom stereocenters. The summed E-state index contributed by atoms with van der Waals surface area (Å²) in [6.45, 7) is 0.102. The van der Waals surface area contributed by atoms with Gasteiger partial charge in [-0.05, 0) is 36.1 Å². The van der Waals surface area contributed by atoms with Gasteiger partial charge in [0.25, 0.3) is 5.91 Å². The molecule has 1 aliphatic heterocycles. The summed E-state index contributed by atoms with van der Waals surface area (Å²) in [6, 6.07) is 16.9. The van der Waals surface area contributed by atoms with Crippen molar-refractivity contribution in [2.45, 2.75) is 24.9 Å². The van der Waals surface area contributed by atoms with Crippen LogP contribution in [0.5, 0.6) is 0 Å². The number of rotatable bonds is 2. The van der Waals surface area contributed by atoms with Gasteiger partial charge in [-0.3, -0.25) is 9.69 Å². The minimum Gasteiger partial charge on any atom is -0.319 e. The van der Waals surface area contributed by atoms with Crippen molar-refractivity contribution in [3.63, 3.8) is 0 Å². The number of fused-ring (bicyclic) bond motifs is 3. The van der Waals surface area contributed by atoms with Crippen LogP contribution in [0, 0.1) is 0 Å². The third-order valence-corrected chi connectivity index (χ3v) is 5.83. The first-order valence-corrected chi connectivity index (χ1v) is 9.23. The van der Waals surface area contributed by atoms with E-state index in [0.717, 1.165) is 28.5 Å². The van der Waals surface area contributed by atoms with Gasteiger partial charge in [0.15, 0.2) is 0 Å². The van der Waals surface area contributed by atoms with E-state index in [9.17, 15) is 9.59 Å². The molecule has 5 nitrogen and oxygen atoms in total. The highest BCUT2D eigenvalue weighted by Crippen LogP contribution is 2.41. The number of halogens is 1. The van der Waals surface area contributed by atoms with Crippen molar-refractivity contribution in [1.29, 1.82) is 0 Å². The van der Waals surface area contributed by atoms with E-state index in [2.05, 4.69) is 10.3 Å². The Labute approximate surface area is 161 Å². The number of para-hydroxylation sites is 1. The van der Waals surface area contributed by atoms with Crippen molar-refractivity contribution in [1.82, 2.24) is 15.2 Å². The summed E-state index contributed by atoms with van der Waals surface area (Å²) < 4.78 is 0. The Bertz CT molecular complexity index is 1110. The average molecular weight is 378 g/mol. The van der Waals surface area contributed by atoms with Crippen LogP contribution >= 0.6 is 11.6 Å². The molecule has 3 amide bonds. The monoisotopic (exact) mass is 377 g/mol. The zero-order chi connectivity index (χ0) is 18.6. The van der Waals surface area contributed by atoms with E-state index >= 15 is 0 Å². The second-order valence-corrected chi connectivity index (χ2v) is 7.37. The summed E-state index contributed by atoms with van der Waals surface area (Å²) in [4.78, 5) is 31.6. The van der Waals surface area contributed by atoms with Crippen LogP contribution in [0.25, 0.3) is 10.9 Å². The number of carbonyl (C=O) groups excluding carboxylic acids is 2. The molecule has 0 bridgehead atoms. The van der Waals surface area contributed by atoms with Crippen LogP contribution in [-0.2, 0) is 23.3 Å². The van der Waals surface area contributed by atoms with Crippen LogP contribution in [0.1, 0.15) is 23.1 Å². The third kappa shape index (κ3) is 2.35. The summed E-state index contributed by atoms with van der Waals surface area (Å²) in [5, 5.41) is 4.16. The third-order valence-electron chi connectivity index (χ3n) is 5.50. The zero-order valence-electron chi connectivity index (χ0n) is 14.4. The molecular formula is C21H16ClN3O2. The van der Waals surface area contributed by atoms with Crippen molar-refractivity contribution in [3.8, 4) is 0 Å². The number of aryl methyl sites for hydroxylation is 1. The summed E-state index contributed by atoms with van der Waals surface area (Å²) in [5.41, 5.74) is 2.49. The molecule has 1 fully saturated rings. The standard InChI is InChI=1S/C21H16ClN3O2/c22-18-15(11-14-6-2-4-8-17(14)23-18)12-25-19(26)21(24-20(25)27)10-9-13-5-1-3-7-16(13)21/h1-8,11H,9-10,12H2,(H,24,27).